The average molecular weight is 284 g/mol. The lowest BCUT2D eigenvalue weighted by Gasteiger charge is -2.38. The van der Waals surface area contributed by atoms with Gasteiger partial charge in [0, 0.05) is 38.1 Å². The van der Waals surface area contributed by atoms with Crippen molar-refractivity contribution in [1.29, 1.82) is 0 Å². The van der Waals surface area contributed by atoms with E-state index in [1.165, 1.54) is 32.8 Å². The third-order valence-corrected chi connectivity index (χ3v) is 4.54. The fraction of sp³-hybridized carbons (Fsp3) is 0.933. The summed E-state index contributed by atoms with van der Waals surface area (Å²) in [6.07, 6.45) is 6.73. The number of likely N-dealkylation sites (tertiary alicyclic amines) is 1. The van der Waals surface area contributed by atoms with Crippen LogP contribution < -0.4 is 5.32 Å². The summed E-state index contributed by atoms with van der Waals surface area (Å²) in [5.41, 5.74) is 0. The van der Waals surface area contributed by atoms with E-state index < -0.39 is 0 Å². The van der Waals surface area contributed by atoms with Crippen molar-refractivity contribution < 1.29 is 14.6 Å². The number of β-amino-alcohol motifs (C(OH)–C–C–N with tert-alkyl or cyclic N) is 1. The molecule has 2 fully saturated rings. The maximum absolute atomic E-state index is 11.5. The number of nitrogens with one attached hydrogen (secondary N) is 1. The van der Waals surface area contributed by atoms with Gasteiger partial charge in [0.2, 0.25) is 0 Å². The predicted octanol–water partition coefficient (Wildman–Crippen LogP) is 0.764. The van der Waals surface area contributed by atoms with E-state index >= 15 is 0 Å². The molecule has 0 aromatic heterocycles. The molecular formula is C15H28N2O3. The maximum atomic E-state index is 11.5. The molecule has 2 N–H and O–H groups in total. The van der Waals surface area contributed by atoms with Gasteiger partial charge < -0.3 is 15.2 Å². The third-order valence-electron chi connectivity index (χ3n) is 4.54. The molecule has 0 aromatic rings. The summed E-state index contributed by atoms with van der Waals surface area (Å²) in [7, 11) is 1.45. The van der Waals surface area contributed by atoms with Crippen molar-refractivity contribution in [2.24, 2.45) is 5.92 Å². The highest BCUT2D eigenvalue weighted by Crippen LogP contribution is 2.24. The molecule has 1 aliphatic carbocycles. The standard InChI is InChI=1S/C15H28N2O3/c1-20-15(19)9-12-8-14(11-17(10-12)6-7-18)16-13-4-2-3-5-13/h12-14,16,18H,2-11H2,1H3. The first-order chi connectivity index (χ1) is 9.71. The van der Waals surface area contributed by atoms with E-state index in [1.54, 1.807) is 0 Å². The number of hydrogen-bond acceptors (Lipinski definition) is 5. The molecule has 1 heterocycles. The number of methoxy groups -OCH3 is 1. The second-order valence-electron chi connectivity index (χ2n) is 6.21. The highest BCUT2D eigenvalue weighted by molar-refractivity contribution is 5.69. The zero-order chi connectivity index (χ0) is 14.4. The molecule has 0 spiro atoms. The minimum absolute atomic E-state index is 0.125. The second kappa shape index (κ2) is 7.96. The Bertz CT molecular complexity index is 305. The summed E-state index contributed by atoms with van der Waals surface area (Å²) in [6, 6.07) is 1.08. The van der Waals surface area contributed by atoms with Crippen LogP contribution in [0.4, 0.5) is 0 Å². The number of nitrogens with zero attached hydrogens (tertiary/aromatic N) is 1. The van der Waals surface area contributed by atoms with Crippen LogP contribution >= 0.6 is 0 Å². The first kappa shape index (κ1) is 15.7. The van der Waals surface area contributed by atoms with E-state index in [0.29, 0.717) is 31.0 Å². The van der Waals surface area contributed by atoms with E-state index in [-0.39, 0.29) is 12.6 Å². The molecule has 2 rings (SSSR count). The first-order valence-corrected chi connectivity index (χ1v) is 7.87. The summed E-state index contributed by atoms with van der Waals surface area (Å²) >= 11 is 0. The second-order valence-corrected chi connectivity index (χ2v) is 6.21. The zero-order valence-electron chi connectivity index (χ0n) is 12.5. The Balaban J connectivity index is 1.87. The normalized spacial score (nSPS) is 28.7. The van der Waals surface area contributed by atoms with Gasteiger partial charge in [0.1, 0.15) is 0 Å². The third kappa shape index (κ3) is 4.72. The number of hydrogen-bond donors (Lipinski definition) is 2. The Kier molecular flexibility index (Phi) is 6.26. The van der Waals surface area contributed by atoms with E-state index in [9.17, 15) is 4.79 Å². The van der Waals surface area contributed by atoms with Gasteiger partial charge in [0.25, 0.3) is 0 Å². The molecule has 0 aromatic carbocycles. The van der Waals surface area contributed by atoms with E-state index in [1.807, 2.05) is 0 Å². The fourth-order valence-corrected chi connectivity index (χ4v) is 3.64. The van der Waals surface area contributed by atoms with Crippen molar-refractivity contribution in [3.8, 4) is 0 Å². The first-order valence-electron chi connectivity index (χ1n) is 7.87. The molecule has 0 amide bonds. The van der Waals surface area contributed by atoms with Crippen LogP contribution in [-0.4, -0.2) is 61.4 Å². The van der Waals surface area contributed by atoms with Gasteiger partial charge in [-0.15, -0.1) is 0 Å². The Morgan fingerprint density at radius 2 is 2.05 bits per heavy atom. The van der Waals surface area contributed by atoms with Crippen molar-refractivity contribution in [3.05, 3.63) is 0 Å². The van der Waals surface area contributed by atoms with Gasteiger partial charge in [-0.2, -0.15) is 0 Å². The van der Waals surface area contributed by atoms with Crippen molar-refractivity contribution in [1.82, 2.24) is 10.2 Å². The van der Waals surface area contributed by atoms with Crippen LogP contribution in [-0.2, 0) is 9.53 Å². The van der Waals surface area contributed by atoms with Crippen molar-refractivity contribution >= 4 is 5.97 Å². The van der Waals surface area contributed by atoms with Crippen LogP contribution in [0.25, 0.3) is 0 Å². The zero-order valence-corrected chi connectivity index (χ0v) is 12.5. The number of aliphatic hydroxyl groups is 1. The lowest BCUT2D eigenvalue weighted by Crippen LogP contribution is -2.52. The van der Waals surface area contributed by atoms with Crippen LogP contribution in [0.15, 0.2) is 0 Å². The minimum Gasteiger partial charge on any atom is -0.469 e. The largest absolute Gasteiger partial charge is 0.469 e. The average Bonchev–Trinajstić information content (AvgIpc) is 2.91. The van der Waals surface area contributed by atoms with Crippen LogP contribution in [0.5, 0.6) is 0 Å². The lowest BCUT2D eigenvalue weighted by atomic mass is 9.91. The molecule has 5 heteroatoms. The molecule has 20 heavy (non-hydrogen) atoms. The van der Waals surface area contributed by atoms with Gasteiger partial charge in [-0.3, -0.25) is 9.69 Å². The molecule has 2 unspecified atom stereocenters. The predicted molar refractivity (Wildman–Crippen MR) is 77.4 cm³/mol. The van der Waals surface area contributed by atoms with Gasteiger partial charge >= 0.3 is 5.97 Å². The van der Waals surface area contributed by atoms with E-state index in [0.717, 1.165) is 19.5 Å². The number of piperidine rings is 1. The number of aliphatic hydroxyl groups excluding tert-OH is 1. The highest BCUT2D eigenvalue weighted by atomic mass is 16.5. The summed E-state index contributed by atoms with van der Waals surface area (Å²) in [5.74, 6) is 0.210. The highest BCUT2D eigenvalue weighted by Gasteiger charge is 2.30. The van der Waals surface area contributed by atoms with E-state index in [4.69, 9.17) is 9.84 Å². The fourth-order valence-electron chi connectivity index (χ4n) is 3.64. The van der Waals surface area contributed by atoms with Gasteiger partial charge in [-0.1, -0.05) is 12.8 Å². The van der Waals surface area contributed by atoms with Gasteiger partial charge in [-0.05, 0) is 25.2 Å². The Morgan fingerprint density at radius 1 is 1.30 bits per heavy atom. The molecular weight excluding hydrogens is 256 g/mol. The topological polar surface area (TPSA) is 61.8 Å². The van der Waals surface area contributed by atoms with Crippen LogP contribution in [0.3, 0.4) is 0 Å². The van der Waals surface area contributed by atoms with Crippen molar-refractivity contribution in [3.63, 3.8) is 0 Å². The smallest absolute Gasteiger partial charge is 0.305 e. The number of rotatable bonds is 6. The number of carbonyl (C=O) groups excluding carboxylic acids is 1. The van der Waals surface area contributed by atoms with Crippen LogP contribution in [0, 0.1) is 5.92 Å². The minimum atomic E-state index is -0.125. The monoisotopic (exact) mass is 284 g/mol. The van der Waals surface area contributed by atoms with Crippen molar-refractivity contribution in [2.75, 3.05) is 33.4 Å². The van der Waals surface area contributed by atoms with E-state index in [2.05, 4.69) is 10.2 Å². The summed E-state index contributed by atoms with van der Waals surface area (Å²) in [6.45, 7) is 2.74. The number of carbonyl (C=O) groups is 1. The molecule has 2 aliphatic rings. The van der Waals surface area contributed by atoms with Gasteiger partial charge in [-0.25, -0.2) is 0 Å². The molecule has 2 atom stereocenters. The molecule has 116 valence electrons. The lowest BCUT2D eigenvalue weighted by molar-refractivity contribution is -0.142. The van der Waals surface area contributed by atoms with Crippen LogP contribution in [0.2, 0.25) is 0 Å². The van der Waals surface area contributed by atoms with Gasteiger partial charge in [0.05, 0.1) is 13.7 Å². The van der Waals surface area contributed by atoms with Crippen molar-refractivity contribution in [2.45, 2.75) is 50.6 Å². The molecule has 5 nitrogen and oxygen atoms in total. The molecule has 0 bridgehead atoms. The Labute approximate surface area is 121 Å². The Hall–Kier alpha value is -0.650. The Morgan fingerprint density at radius 3 is 2.70 bits per heavy atom. The number of esters is 1. The molecule has 1 saturated carbocycles. The summed E-state index contributed by atoms with van der Waals surface area (Å²) < 4.78 is 4.79. The van der Waals surface area contributed by atoms with Gasteiger partial charge in [0.15, 0.2) is 0 Å². The number of ether oxygens (including phenoxy) is 1. The molecule has 1 aliphatic heterocycles. The summed E-state index contributed by atoms with van der Waals surface area (Å²) in [5, 5.41) is 12.9. The molecule has 1 saturated heterocycles. The summed E-state index contributed by atoms with van der Waals surface area (Å²) in [4.78, 5) is 13.8. The maximum Gasteiger partial charge on any atom is 0.305 e. The SMILES string of the molecule is COC(=O)CC1CC(NC2CCCC2)CN(CCO)C1. The van der Waals surface area contributed by atoms with Crippen LogP contribution in [0.1, 0.15) is 38.5 Å². The quantitative estimate of drug-likeness (QED) is 0.705. The molecule has 0 radical (unpaired) electrons.